The predicted octanol–water partition coefficient (Wildman–Crippen LogP) is 3.83. The number of rotatable bonds is 3. The number of aryl methyl sites for hydroxylation is 1. The van der Waals surface area contributed by atoms with Gasteiger partial charge in [0.05, 0.1) is 10.7 Å². The monoisotopic (exact) mass is 238 g/mol. The summed E-state index contributed by atoms with van der Waals surface area (Å²) in [5.74, 6) is 0.829. The highest BCUT2D eigenvalue weighted by Gasteiger charge is 2.14. The van der Waals surface area contributed by atoms with Crippen molar-refractivity contribution in [2.75, 3.05) is 17.6 Å². The SMILES string of the molecule is Cc1cc(N)c(Cl)cc1NCC1CCCC1. The molecule has 1 fully saturated rings. The van der Waals surface area contributed by atoms with Gasteiger partial charge in [0.25, 0.3) is 0 Å². The first kappa shape index (κ1) is 11.6. The fourth-order valence-electron chi connectivity index (χ4n) is 2.36. The summed E-state index contributed by atoms with van der Waals surface area (Å²) in [4.78, 5) is 0. The van der Waals surface area contributed by atoms with Crippen molar-refractivity contribution in [3.8, 4) is 0 Å². The summed E-state index contributed by atoms with van der Waals surface area (Å²) in [5.41, 5.74) is 8.69. The van der Waals surface area contributed by atoms with Gasteiger partial charge in [0.1, 0.15) is 0 Å². The van der Waals surface area contributed by atoms with E-state index in [-0.39, 0.29) is 0 Å². The molecule has 0 radical (unpaired) electrons. The van der Waals surface area contributed by atoms with Crippen LogP contribution in [0, 0.1) is 12.8 Å². The average Bonchev–Trinajstić information content (AvgIpc) is 2.74. The van der Waals surface area contributed by atoms with E-state index in [1.807, 2.05) is 12.1 Å². The van der Waals surface area contributed by atoms with E-state index in [1.165, 1.54) is 31.2 Å². The number of hydrogen-bond donors (Lipinski definition) is 2. The van der Waals surface area contributed by atoms with Crippen LogP contribution >= 0.6 is 11.6 Å². The van der Waals surface area contributed by atoms with Crippen LogP contribution in [0.3, 0.4) is 0 Å². The van der Waals surface area contributed by atoms with Gasteiger partial charge in [-0.3, -0.25) is 0 Å². The molecule has 3 heteroatoms. The van der Waals surface area contributed by atoms with E-state index in [0.29, 0.717) is 10.7 Å². The Morgan fingerprint density at radius 1 is 1.38 bits per heavy atom. The van der Waals surface area contributed by atoms with Crippen LogP contribution in [0.25, 0.3) is 0 Å². The number of halogens is 1. The fraction of sp³-hybridized carbons (Fsp3) is 0.538. The summed E-state index contributed by atoms with van der Waals surface area (Å²) >= 11 is 6.02. The molecule has 0 saturated heterocycles. The Morgan fingerprint density at radius 3 is 2.75 bits per heavy atom. The van der Waals surface area contributed by atoms with Crippen molar-refractivity contribution < 1.29 is 0 Å². The molecule has 0 heterocycles. The van der Waals surface area contributed by atoms with E-state index in [4.69, 9.17) is 17.3 Å². The highest BCUT2D eigenvalue weighted by molar-refractivity contribution is 6.33. The molecule has 2 nitrogen and oxygen atoms in total. The molecule has 3 N–H and O–H groups in total. The lowest BCUT2D eigenvalue weighted by Gasteiger charge is -2.14. The normalized spacial score (nSPS) is 16.6. The van der Waals surface area contributed by atoms with Crippen LogP contribution in [0.15, 0.2) is 12.1 Å². The van der Waals surface area contributed by atoms with Crippen LogP contribution < -0.4 is 11.1 Å². The van der Waals surface area contributed by atoms with Crippen molar-refractivity contribution in [2.24, 2.45) is 5.92 Å². The second kappa shape index (κ2) is 4.96. The van der Waals surface area contributed by atoms with Crippen LogP contribution in [-0.4, -0.2) is 6.54 Å². The van der Waals surface area contributed by atoms with Gasteiger partial charge in [0.15, 0.2) is 0 Å². The Labute approximate surface area is 102 Å². The van der Waals surface area contributed by atoms with Crippen molar-refractivity contribution in [3.05, 3.63) is 22.7 Å². The first-order chi connectivity index (χ1) is 7.66. The maximum Gasteiger partial charge on any atom is 0.0656 e. The van der Waals surface area contributed by atoms with Gasteiger partial charge in [0.2, 0.25) is 0 Å². The lowest BCUT2D eigenvalue weighted by Crippen LogP contribution is -2.11. The van der Waals surface area contributed by atoms with Crippen molar-refractivity contribution in [3.63, 3.8) is 0 Å². The minimum absolute atomic E-state index is 0.638. The summed E-state index contributed by atoms with van der Waals surface area (Å²) in [6.07, 6.45) is 5.48. The van der Waals surface area contributed by atoms with Gasteiger partial charge in [-0.15, -0.1) is 0 Å². The topological polar surface area (TPSA) is 38.0 Å². The lowest BCUT2D eigenvalue weighted by molar-refractivity contribution is 0.580. The maximum atomic E-state index is 6.02. The van der Waals surface area contributed by atoms with E-state index < -0.39 is 0 Å². The Hall–Kier alpha value is -0.890. The minimum Gasteiger partial charge on any atom is -0.398 e. The molecule has 0 aromatic heterocycles. The zero-order chi connectivity index (χ0) is 11.5. The number of anilines is 2. The summed E-state index contributed by atoms with van der Waals surface area (Å²) in [5, 5.41) is 4.12. The van der Waals surface area contributed by atoms with E-state index in [0.717, 1.165) is 18.2 Å². The summed E-state index contributed by atoms with van der Waals surface area (Å²) in [7, 11) is 0. The molecule has 1 aromatic rings. The first-order valence-corrected chi connectivity index (χ1v) is 6.34. The first-order valence-electron chi connectivity index (χ1n) is 5.96. The van der Waals surface area contributed by atoms with Crippen molar-refractivity contribution in [2.45, 2.75) is 32.6 Å². The molecule has 1 aliphatic carbocycles. The van der Waals surface area contributed by atoms with Gasteiger partial charge in [0, 0.05) is 12.2 Å². The standard InChI is InChI=1S/C13H19ClN2/c1-9-6-12(15)11(14)7-13(9)16-8-10-4-2-3-5-10/h6-7,10,16H,2-5,8,15H2,1H3. The molecule has 0 unspecified atom stereocenters. The number of nitrogens with one attached hydrogen (secondary N) is 1. The molecule has 0 spiro atoms. The molecule has 0 aliphatic heterocycles. The van der Waals surface area contributed by atoms with Gasteiger partial charge in [-0.05, 0) is 43.4 Å². The highest BCUT2D eigenvalue weighted by atomic mass is 35.5. The Balaban J connectivity index is 2.00. The van der Waals surface area contributed by atoms with Gasteiger partial charge in [-0.2, -0.15) is 0 Å². The number of nitrogens with two attached hydrogens (primary N) is 1. The molecule has 1 saturated carbocycles. The fourth-order valence-corrected chi connectivity index (χ4v) is 2.53. The second-order valence-electron chi connectivity index (χ2n) is 4.72. The third-order valence-corrected chi connectivity index (χ3v) is 3.73. The van der Waals surface area contributed by atoms with Crippen LogP contribution in [-0.2, 0) is 0 Å². The van der Waals surface area contributed by atoms with Gasteiger partial charge in [-0.1, -0.05) is 24.4 Å². The van der Waals surface area contributed by atoms with Crippen molar-refractivity contribution in [1.82, 2.24) is 0 Å². The number of nitrogen functional groups attached to an aromatic ring is 1. The summed E-state index contributed by atoms with van der Waals surface area (Å²) in [6.45, 7) is 3.12. The van der Waals surface area contributed by atoms with Crippen molar-refractivity contribution in [1.29, 1.82) is 0 Å². The van der Waals surface area contributed by atoms with Gasteiger partial charge >= 0.3 is 0 Å². The zero-order valence-electron chi connectivity index (χ0n) is 9.72. The Morgan fingerprint density at radius 2 is 2.06 bits per heavy atom. The molecule has 16 heavy (non-hydrogen) atoms. The third kappa shape index (κ3) is 2.62. The minimum atomic E-state index is 0.638. The van der Waals surface area contributed by atoms with Crippen LogP contribution in [0.5, 0.6) is 0 Å². The van der Waals surface area contributed by atoms with Crippen LogP contribution in [0.1, 0.15) is 31.2 Å². The summed E-state index contributed by atoms with van der Waals surface area (Å²) < 4.78 is 0. The van der Waals surface area contributed by atoms with E-state index in [2.05, 4.69) is 12.2 Å². The lowest BCUT2D eigenvalue weighted by atomic mass is 10.1. The van der Waals surface area contributed by atoms with Crippen molar-refractivity contribution >= 4 is 23.0 Å². The molecular weight excluding hydrogens is 220 g/mol. The molecule has 1 aliphatic rings. The van der Waals surface area contributed by atoms with Gasteiger partial charge in [-0.25, -0.2) is 0 Å². The second-order valence-corrected chi connectivity index (χ2v) is 5.13. The number of hydrogen-bond acceptors (Lipinski definition) is 2. The van der Waals surface area contributed by atoms with Crippen LogP contribution in [0.2, 0.25) is 5.02 Å². The quantitative estimate of drug-likeness (QED) is 0.786. The molecule has 2 rings (SSSR count). The predicted molar refractivity (Wildman–Crippen MR) is 71.0 cm³/mol. The van der Waals surface area contributed by atoms with E-state index in [9.17, 15) is 0 Å². The third-order valence-electron chi connectivity index (χ3n) is 3.40. The summed E-state index contributed by atoms with van der Waals surface area (Å²) in [6, 6.07) is 3.86. The molecular formula is C13H19ClN2. The average molecular weight is 239 g/mol. The maximum absolute atomic E-state index is 6.02. The smallest absolute Gasteiger partial charge is 0.0656 e. The zero-order valence-corrected chi connectivity index (χ0v) is 10.5. The van der Waals surface area contributed by atoms with Crippen LogP contribution in [0.4, 0.5) is 11.4 Å². The Bertz CT molecular complexity index is 370. The molecule has 1 aromatic carbocycles. The van der Waals surface area contributed by atoms with E-state index >= 15 is 0 Å². The molecule has 0 amide bonds. The van der Waals surface area contributed by atoms with E-state index in [1.54, 1.807) is 0 Å². The molecule has 0 atom stereocenters. The highest BCUT2D eigenvalue weighted by Crippen LogP contribution is 2.29. The molecule has 0 bridgehead atoms. The Kier molecular flexibility index (Phi) is 3.59. The number of benzene rings is 1. The van der Waals surface area contributed by atoms with Gasteiger partial charge < -0.3 is 11.1 Å². The molecule has 88 valence electrons. The largest absolute Gasteiger partial charge is 0.398 e.